The van der Waals surface area contributed by atoms with E-state index < -0.39 is 0 Å². The van der Waals surface area contributed by atoms with Crippen molar-refractivity contribution in [2.75, 3.05) is 19.6 Å². The van der Waals surface area contributed by atoms with Gasteiger partial charge in [-0.1, -0.05) is 11.6 Å². The number of carbonyl (C=O) groups is 2. The minimum absolute atomic E-state index is 0.00399. The van der Waals surface area contributed by atoms with Crippen LogP contribution in [-0.4, -0.2) is 53.3 Å². The highest BCUT2D eigenvalue weighted by molar-refractivity contribution is 6.30. The van der Waals surface area contributed by atoms with Crippen molar-refractivity contribution in [2.24, 2.45) is 0 Å². The van der Waals surface area contributed by atoms with E-state index in [-0.39, 0.29) is 36.3 Å². The molecule has 23 heavy (non-hydrogen) atoms. The quantitative estimate of drug-likeness (QED) is 0.905. The fraction of sp³-hybridized carbons (Fsp3) is 0.500. The minimum atomic E-state index is -0.313. The van der Waals surface area contributed by atoms with Gasteiger partial charge in [-0.2, -0.15) is 0 Å². The zero-order valence-corrected chi connectivity index (χ0v) is 13.6. The predicted octanol–water partition coefficient (Wildman–Crippen LogP) is 1.40. The van der Waals surface area contributed by atoms with E-state index in [0.29, 0.717) is 30.2 Å². The molecule has 2 fully saturated rings. The summed E-state index contributed by atoms with van der Waals surface area (Å²) in [5, 5.41) is 3.36. The zero-order chi connectivity index (χ0) is 16.6. The minimum Gasteiger partial charge on any atom is -0.352 e. The van der Waals surface area contributed by atoms with Gasteiger partial charge < -0.3 is 10.2 Å². The van der Waals surface area contributed by atoms with Crippen LogP contribution in [0.4, 0.5) is 4.39 Å². The van der Waals surface area contributed by atoms with E-state index in [1.54, 1.807) is 6.07 Å². The van der Waals surface area contributed by atoms with Gasteiger partial charge in [0.15, 0.2) is 0 Å². The summed E-state index contributed by atoms with van der Waals surface area (Å²) in [7, 11) is 0. The van der Waals surface area contributed by atoms with Crippen LogP contribution in [0.3, 0.4) is 0 Å². The Morgan fingerprint density at radius 3 is 2.96 bits per heavy atom. The maximum atomic E-state index is 13.9. The van der Waals surface area contributed by atoms with Crippen molar-refractivity contribution in [3.63, 3.8) is 0 Å². The Kier molecular flexibility index (Phi) is 4.55. The van der Waals surface area contributed by atoms with E-state index in [1.165, 1.54) is 19.1 Å². The number of piperazine rings is 1. The Bertz CT molecular complexity index is 640. The van der Waals surface area contributed by atoms with Crippen LogP contribution in [0.2, 0.25) is 5.02 Å². The van der Waals surface area contributed by atoms with E-state index >= 15 is 0 Å². The Morgan fingerprint density at radius 1 is 1.43 bits per heavy atom. The molecule has 5 nitrogen and oxygen atoms in total. The van der Waals surface area contributed by atoms with Crippen LogP contribution >= 0.6 is 11.6 Å². The normalized spacial score (nSPS) is 24.7. The largest absolute Gasteiger partial charge is 0.352 e. The molecule has 2 aliphatic heterocycles. The third-order valence-electron chi connectivity index (χ3n) is 4.37. The van der Waals surface area contributed by atoms with Gasteiger partial charge in [0, 0.05) is 49.2 Å². The highest BCUT2D eigenvalue weighted by atomic mass is 35.5. The molecule has 124 valence electrons. The van der Waals surface area contributed by atoms with E-state index in [0.717, 1.165) is 6.42 Å². The number of hydrogen-bond donors (Lipinski definition) is 1. The molecule has 0 spiro atoms. The Morgan fingerprint density at radius 2 is 2.22 bits per heavy atom. The van der Waals surface area contributed by atoms with Gasteiger partial charge in [0.2, 0.25) is 11.8 Å². The first-order chi connectivity index (χ1) is 10.9. The second kappa shape index (κ2) is 6.45. The molecule has 0 unspecified atom stereocenters. The third-order valence-corrected chi connectivity index (χ3v) is 4.61. The summed E-state index contributed by atoms with van der Waals surface area (Å²) < 4.78 is 13.9. The van der Waals surface area contributed by atoms with Gasteiger partial charge in [0.05, 0.1) is 6.54 Å². The van der Waals surface area contributed by atoms with E-state index in [9.17, 15) is 14.0 Å². The summed E-state index contributed by atoms with van der Waals surface area (Å²) in [6.45, 7) is 3.33. The van der Waals surface area contributed by atoms with Crippen molar-refractivity contribution in [1.29, 1.82) is 0 Å². The van der Waals surface area contributed by atoms with Crippen molar-refractivity contribution in [2.45, 2.75) is 32.0 Å². The van der Waals surface area contributed by atoms with Crippen LogP contribution in [0, 0.1) is 5.82 Å². The molecule has 2 heterocycles. The van der Waals surface area contributed by atoms with Gasteiger partial charge >= 0.3 is 0 Å². The summed E-state index contributed by atoms with van der Waals surface area (Å²) in [5.41, 5.74) is 0.496. The maximum absolute atomic E-state index is 13.9. The molecule has 7 heteroatoms. The van der Waals surface area contributed by atoms with Gasteiger partial charge in [-0.15, -0.1) is 0 Å². The lowest BCUT2D eigenvalue weighted by atomic mass is 10.1. The summed E-state index contributed by atoms with van der Waals surface area (Å²) in [4.78, 5) is 27.3. The SMILES string of the molecule is CC(=O)N[C@H]1C[C@H]2CN(Cc3cc(Cl)ccc3F)CC(=O)N2C1. The van der Waals surface area contributed by atoms with Crippen molar-refractivity contribution in [1.82, 2.24) is 15.1 Å². The number of nitrogens with one attached hydrogen (secondary N) is 1. The van der Waals surface area contributed by atoms with E-state index in [1.807, 2.05) is 9.80 Å². The molecule has 1 N–H and O–H groups in total. The van der Waals surface area contributed by atoms with Crippen LogP contribution in [0.15, 0.2) is 18.2 Å². The average molecular weight is 340 g/mol. The number of fused-ring (bicyclic) bond motifs is 1. The number of carbonyl (C=O) groups excluding carboxylic acids is 2. The van der Waals surface area contributed by atoms with Crippen LogP contribution in [0.1, 0.15) is 18.9 Å². The van der Waals surface area contributed by atoms with Crippen LogP contribution in [0.5, 0.6) is 0 Å². The molecule has 0 aromatic heterocycles. The smallest absolute Gasteiger partial charge is 0.237 e. The molecule has 0 aliphatic carbocycles. The predicted molar refractivity (Wildman–Crippen MR) is 84.4 cm³/mol. The number of rotatable bonds is 3. The van der Waals surface area contributed by atoms with Gasteiger partial charge in [-0.25, -0.2) is 4.39 Å². The van der Waals surface area contributed by atoms with Crippen molar-refractivity contribution < 1.29 is 14.0 Å². The average Bonchev–Trinajstić information content (AvgIpc) is 2.85. The second-order valence-electron chi connectivity index (χ2n) is 6.24. The molecule has 0 saturated carbocycles. The number of benzene rings is 1. The summed E-state index contributed by atoms with van der Waals surface area (Å²) in [5.74, 6) is -0.372. The Labute approximate surface area is 139 Å². The lowest BCUT2D eigenvalue weighted by molar-refractivity contribution is -0.138. The fourth-order valence-electron chi connectivity index (χ4n) is 3.46. The highest BCUT2D eigenvalue weighted by Crippen LogP contribution is 2.25. The lowest BCUT2D eigenvalue weighted by Gasteiger charge is -2.36. The van der Waals surface area contributed by atoms with Gasteiger partial charge in [0.25, 0.3) is 0 Å². The first-order valence-electron chi connectivity index (χ1n) is 7.65. The Hall–Kier alpha value is -1.66. The molecule has 1 aromatic carbocycles. The van der Waals surface area contributed by atoms with Crippen LogP contribution < -0.4 is 5.32 Å². The first-order valence-corrected chi connectivity index (χ1v) is 8.03. The molecule has 2 aliphatic rings. The molecule has 0 radical (unpaired) electrons. The zero-order valence-electron chi connectivity index (χ0n) is 12.9. The van der Waals surface area contributed by atoms with Gasteiger partial charge in [-0.05, 0) is 24.6 Å². The lowest BCUT2D eigenvalue weighted by Crippen LogP contribution is -2.53. The molecular formula is C16H19ClFN3O2. The molecule has 3 rings (SSSR count). The standard InChI is InChI=1S/C16H19ClFN3O2/c1-10(22)19-13-5-14-8-20(9-16(23)21(14)7-13)6-11-4-12(17)2-3-15(11)18/h2-4,13-14H,5-9H2,1H3,(H,19,22)/t13-,14-/m0/s1. The number of halogens is 2. The fourth-order valence-corrected chi connectivity index (χ4v) is 3.65. The summed E-state index contributed by atoms with van der Waals surface area (Å²) in [6.07, 6.45) is 0.736. The second-order valence-corrected chi connectivity index (χ2v) is 6.67. The van der Waals surface area contributed by atoms with Crippen molar-refractivity contribution in [3.8, 4) is 0 Å². The molecule has 2 amide bonds. The highest BCUT2D eigenvalue weighted by Gasteiger charge is 2.40. The van der Waals surface area contributed by atoms with Gasteiger partial charge in [0.1, 0.15) is 5.82 Å². The molecular weight excluding hydrogens is 321 g/mol. The van der Waals surface area contributed by atoms with Crippen molar-refractivity contribution >= 4 is 23.4 Å². The van der Waals surface area contributed by atoms with Gasteiger partial charge in [-0.3, -0.25) is 14.5 Å². The molecule has 2 atom stereocenters. The Balaban J connectivity index is 1.67. The van der Waals surface area contributed by atoms with Crippen molar-refractivity contribution in [3.05, 3.63) is 34.6 Å². The topological polar surface area (TPSA) is 52.7 Å². The third kappa shape index (κ3) is 3.64. The number of amides is 2. The first kappa shape index (κ1) is 16.2. The summed E-state index contributed by atoms with van der Waals surface area (Å²) >= 11 is 5.92. The van der Waals surface area contributed by atoms with E-state index in [2.05, 4.69) is 5.32 Å². The number of nitrogens with zero attached hydrogens (tertiary/aromatic N) is 2. The summed E-state index contributed by atoms with van der Waals surface area (Å²) in [6, 6.07) is 4.53. The van der Waals surface area contributed by atoms with E-state index in [4.69, 9.17) is 11.6 Å². The van der Waals surface area contributed by atoms with Crippen LogP contribution in [0.25, 0.3) is 0 Å². The number of hydrogen-bond acceptors (Lipinski definition) is 3. The van der Waals surface area contributed by atoms with Crippen LogP contribution in [-0.2, 0) is 16.1 Å². The molecule has 0 bridgehead atoms. The maximum Gasteiger partial charge on any atom is 0.237 e. The molecule has 1 aromatic rings. The molecule has 2 saturated heterocycles. The monoisotopic (exact) mass is 339 g/mol.